The molecule has 0 spiro atoms. The lowest BCUT2D eigenvalue weighted by molar-refractivity contribution is -0.111. The summed E-state index contributed by atoms with van der Waals surface area (Å²) < 4.78 is 16.0. The average molecular weight is 352 g/mol. The zero-order valence-electron chi connectivity index (χ0n) is 14.7. The van der Waals surface area contributed by atoms with E-state index in [1.807, 2.05) is 25.1 Å². The summed E-state index contributed by atoms with van der Waals surface area (Å²) in [7, 11) is 1.58. The highest BCUT2D eigenvalue weighted by atomic mass is 16.5. The van der Waals surface area contributed by atoms with Crippen molar-refractivity contribution in [3.8, 4) is 23.3 Å². The number of carbonyl (C=O) groups is 1. The maximum absolute atomic E-state index is 12.1. The van der Waals surface area contributed by atoms with Gasteiger partial charge in [0.15, 0.2) is 18.1 Å². The van der Waals surface area contributed by atoms with E-state index >= 15 is 0 Å². The van der Waals surface area contributed by atoms with Crippen molar-refractivity contribution in [3.05, 3.63) is 54.1 Å². The molecule has 0 unspecified atom stereocenters. The van der Waals surface area contributed by atoms with Crippen molar-refractivity contribution in [3.63, 3.8) is 0 Å². The van der Waals surface area contributed by atoms with Gasteiger partial charge in [-0.2, -0.15) is 5.26 Å². The maximum atomic E-state index is 12.1. The molecule has 0 aliphatic rings. The number of benzene rings is 2. The lowest BCUT2D eigenvalue weighted by atomic mass is 10.2. The van der Waals surface area contributed by atoms with Crippen molar-refractivity contribution in [1.29, 1.82) is 5.26 Å². The number of amides is 1. The molecule has 2 aromatic rings. The van der Waals surface area contributed by atoms with Gasteiger partial charge in [-0.15, -0.1) is 0 Å². The van der Waals surface area contributed by atoms with E-state index in [9.17, 15) is 4.79 Å². The summed E-state index contributed by atoms with van der Waals surface area (Å²) in [6.07, 6.45) is 3.12. The predicted octanol–water partition coefficient (Wildman–Crippen LogP) is 3.65. The van der Waals surface area contributed by atoms with Crippen molar-refractivity contribution in [2.75, 3.05) is 25.6 Å². The van der Waals surface area contributed by atoms with Crippen LogP contribution in [0.1, 0.15) is 12.5 Å². The van der Waals surface area contributed by atoms with Crippen LogP contribution in [-0.4, -0.2) is 26.2 Å². The van der Waals surface area contributed by atoms with Crippen molar-refractivity contribution in [2.24, 2.45) is 0 Å². The summed E-state index contributed by atoms with van der Waals surface area (Å²) in [5.74, 6) is 1.50. The van der Waals surface area contributed by atoms with Crippen molar-refractivity contribution in [1.82, 2.24) is 0 Å². The van der Waals surface area contributed by atoms with Gasteiger partial charge < -0.3 is 19.5 Å². The third-order valence-corrected chi connectivity index (χ3v) is 3.32. The molecule has 0 atom stereocenters. The molecule has 2 rings (SSSR count). The number of methoxy groups -OCH3 is 1. The highest BCUT2D eigenvalue weighted by molar-refractivity contribution is 6.02. The van der Waals surface area contributed by atoms with E-state index in [4.69, 9.17) is 19.5 Å². The lowest BCUT2D eigenvalue weighted by Gasteiger charge is -2.09. The first-order valence-corrected chi connectivity index (χ1v) is 8.06. The predicted molar refractivity (Wildman–Crippen MR) is 99.4 cm³/mol. The molecule has 0 saturated carbocycles. The highest BCUT2D eigenvalue weighted by Crippen LogP contribution is 2.28. The standard InChI is InChI=1S/C20H20N2O4/c1-3-25-19-13-15(7-9-18(19)24-2)8-10-20(23)22-16-5-4-6-17(14-16)26-12-11-21/h4-10,13-14H,3,12H2,1-2H3,(H,22,23). The molecule has 26 heavy (non-hydrogen) atoms. The zero-order valence-corrected chi connectivity index (χ0v) is 14.7. The molecule has 0 aliphatic carbocycles. The molecule has 0 bridgehead atoms. The summed E-state index contributed by atoms with van der Waals surface area (Å²) in [6.45, 7) is 2.37. The first kappa shape index (κ1) is 18.9. The van der Waals surface area contributed by atoms with Gasteiger partial charge in [-0.25, -0.2) is 0 Å². The third kappa shape index (κ3) is 5.56. The van der Waals surface area contributed by atoms with E-state index in [1.54, 1.807) is 43.5 Å². The van der Waals surface area contributed by atoms with Gasteiger partial charge in [0.05, 0.1) is 13.7 Å². The molecule has 0 fully saturated rings. The van der Waals surface area contributed by atoms with E-state index in [1.165, 1.54) is 6.08 Å². The highest BCUT2D eigenvalue weighted by Gasteiger charge is 2.05. The number of nitrogens with zero attached hydrogens (tertiary/aromatic N) is 1. The Morgan fingerprint density at radius 3 is 2.77 bits per heavy atom. The van der Waals surface area contributed by atoms with Gasteiger partial charge in [-0.3, -0.25) is 4.79 Å². The van der Waals surface area contributed by atoms with Crippen LogP contribution < -0.4 is 19.5 Å². The Kier molecular flexibility index (Phi) is 7.07. The molecule has 0 radical (unpaired) electrons. The minimum atomic E-state index is -0.281. The fraction of sp³-hybridized carbons (Fsp3) is 0.200. The summed E-state index contributed by atoms with van der Waals surface area (Å²) >= 11 is 0. The molecule has 0 aliphatic heterocycles. The van der Waals surface area contributed by atoms with Crippen LogP contribution in [0.5, 0.6) is 17.2 Å². The number of carbonyl (C=O) groups excluding carboxylic acids is 1. The lowest BCUT2D eigenvalue weighted by Crippen LogP contribution is -2.07. The fourth-order valence-electron chi connectivity index (χ4n) is 2.20. The molecule has 2 aromatic carbocycles. The van der Waals surface area contributed by atoms with Crippen LogP contribution >= 0.6 is 0 Å². The zero-order chi connectivity index (χ0) is 18.8. The van der Waals surface area contributed by atoms with Gasteiger partial charge in [0.1, 0.15) is 11.8 Å². The van der Waals surface area contributed by atoms with Crippen LogP contribution in [0.4, 0.5) is 5.69 Å². The fourth-order valence-corrected chi connectivity index (χ4v) is 2.20. The smallest absolute Gasteiger partial charge is 0.248 e. The first-order valence-electron chi connectivity index (χ1n) is 8.06. The van der Waals surface area contributed by atoms with E-state index < -0.39 is 0 Å². The van der Waals surface area contributed by atoms with Gasteiger partial charge in [0, 0.05) is 17.8 Å². The summed E-state index contributed by atoms with van der Waals surface area (Å²) in [6, 6.07) is 14.2. The number of ether oxygens (including phenoxy) is 3. The number of nitriles is 1. The molecule has 0 saturated heterocycles. The van der Waals surface area contributed by atoms with E-state index in [-0.39, 0.29) is 12.5 Å². The largest absolute Gasteiger partial charge is 0.493 e. The Balaban J connectivity index is 2.03. The van der Waals surface area contributed by atoms with E-state index in [0.29, 0.717) is 29.5 Å². The topological polar surface area (TPSA) is 80.6 Å². The van der Waals surface area contributed by atoms with Crippen LogP contribution in [-0.2, 0) is 4.79 Å². The minimum Gasteiger partial charge on any atom is -0.493 e. The van der Waals surface area contributed by atoms with Gasteiger partial charge >= 0.3 is 0 Å². The second-order valence-electron chi connectivity index (χ2n) is 5.14. The van der Waals surface area contributed by atoms with E-state index in [2.05, 4.69) is 5.32 Å². The van der Waals surface area contributed by atoms with Crippen LogP contribution in [0.3, 0.4) is 0 Å². The molecule has 0 aromatic heterocycles. The normalized spacial score (nSPS) is 10.2. The molecule has 0 heterocycles. The maximum Gasteiger partial charge on any atom is 0.248 e. The van der Waals surface area contributed by atoms with Crippen LogP contribution in [0, 0.1) is 11.3 Å². The summed E-state index contributed by atoms with van der Waals surface area (Å²) in [5, 5.41) is 11.3. The Bertz CT molecular complexity index is 825. The van der Waals surface area contributed by atoms with Gasteiger partial charge in [-0.05, 0) is 42.8 Å². The SMILES string of the molecule is CCOc1cc(C=CC(=O)Nc2cccc(OCC#N)c2)ccc1OC. The average Bonchev–Trinajstić information content (AvgIpc) is 2.65. The number of anilines is 1. The quantitative estimate of drug-likeness (QED) is 0.734. The molecule has 134 valence electrons. The summed E-state index contributed by atoms with van der Waals surface area (Å²) in [5.41, 5.74) is 1.40. The molecule has 6 nitrogen and oxygen atoms in total. The van der Waals surface area contributed by atoms with Crippen molar-refractivity contribution >= 4 is 17.7 Å². The van der Waals surface area contributed by atoms with Crippen LogP contribution in [0.2, 0.25) is 0 Å². The molecule has 1 amide bonds. The second-order valence-corrected chi connectivity index (χ2v) is 5.14. The Morgan fingerprint density at radius 2 is 2.04 bits per heavy atom. The Hall–Kier alpha value is -3.46. The Labute approximate surface area is 152 Å². The summed E-state index contributed by atoms with van der Waals surface area (Å²) in [4.78, 5) is 12.1. The van der Waals surface area contributed by atoms with Gasteiger partial charge in [0.25, 0.3) is 0 Å². The van der Waals surface area contributed by atoms with Crippen LogP contribution in [0.15, 0.2) is 48.5 Å². The number of hydrogen-bond acceptors (Lipinski definition) is 5. The first-order chi connectivity index (χ1) is 12.7. The van der Waals surface area contributed by atoms with Crippen molar-refractivity contribution < 1.29 is 19.0 Å². The van der Waals surface area contributed by atoms with Gasteiger partial charge in [0.2, 0.25) is 5.91 Å². The Morgan fingerprint density at radius 1 is 1.19 bits per heavy atom. The van der Waals surface area contributed by atoms with E-state index in [0.717, 1.165) is 5.56 Å². The van der Waals surface area contributed by atoms with Crippen LogP contribution in [0.25, 0.3) is 6.08 Å². The molecular formula is C20H20N2O4. The minimum absolute atomic E-state index is 0.0447. The number of hydrogen-bond donors (Lipinski definition) is 1. The molecule has 1 N–H and O–H groups in total. The molecular weight excluding hydrogens is 332 g/mol. The third-order valence-electron chi connectivity index (χ3n) is 3.32. The number of rotatable bonds is 8. The monoisotopic (exact) mass is 352 g/mol. The molecule has 6 heteroatoms. The second kappa shape index (κ2) is 9.74. The van der Waals surface area contributed by atoms with Gasteiger partial charge in [-0.1, -0.05) is 12.1 Å². The van der Waals surface area contributed by atoms with Crippen molar-refractivity contribution in [2.45, 2.75) is 6.92 Å². The number of nitrogens with one attached hydrogen (secondary N) is 1.